The highest BCUT2D eigenvalue weighted by Gasteiger charge is 2.31. The number of hydrogen-bond donors (Lipinski definition) is 0. The lowest BCUT2D eigenvalue weighted by Gasteiger charge is -2.08. The summed E-state index contributed by atoms with van der Waals surface area (Å²) >= 11 is 0. The molecule has 2 nitrogen and oxygen atoms in total. The molecule has 0 unspecified atom stereocenters. The fourth-order valence-electron chi connectivity index (χ4n) is 1.19. The Balaban J connectivity index is 2.32. The van der Waals surface area contributed by atoms with Gasteiger partial charge in [0.05, 0.1) is 0 Å². The van der Waals surface area contributed by atoms with E-state index in [1.165, 1.54) is 6.20 Å². The zero-order valence-corrected chi connectivity index (χ0v) is 7.30. The number of aromatic nitrogens is 2. The first-order chi connectivity index (χ1) is 6.07. The van der Waals surface area contributed by atoms with Gasteiger partial charge < -0.3 is 0 Å². The molecule has 1 aliphatic carbocycles. The summed E-state index contributed by atoms with van der Waals surface area (Å²) in [5, 5.41) is 0. The molecule has 1 aromatic heterocycles. The van der Waals surface area contributed by atoms with Gasteiger partial charge in [0.15, 0.2) is 5.82 Å². The first-order valence-electron chi connectivity index (χ1n) is 4.28. The molecule has 1 aliphatic rings. The second-order valence-electron chi connectivity index (χ2n) is 3.47. The van der Waals surface area contributed by atoms with E-state index >= 15 is 0 Å². The van der Waals surface area contributed by atoms with Gasteiger partial charge in [-0.3, -0.25) is 0 Å². The third kappa shape index (κ3) is 1.82. The lowest BCUT2D eigenvalue weighted by molar-refractivity contribution is 0.00745. The van der Waals surface area contributed by atoms with Gasteiger partial charge in [-0.1, -0.05) is 0 Å². The maximum Gasteiger partial charge on any atom is 0.303 e. The minimum Gasteiger partial charge on any atom is -0.236 e. The molecule has 0 N–H and O–H groups in total. The van der Waals surface area contributed by atoms with E-state index in [9.17, 15) is 8.78 Å². The summed E-state index contributed by atoms with van der Waals surface area (Å²) in [5.74, 6) is -2.90. The molecule has 4 heteroatoms. The average Bonchev–Trinajstić information content (AvgIpc) is 2.85. The molecular formula is C9H10F2N2. The topological polar surface area (TPSA) is 25.8 Å². The summed E-state index contributed by atoms with van der Waals surface area (Å²) in [6.07, 6.45) is 3.53. The highest BCUT2D eigenvalue weighted by molar-refractivity contribution is 5.15. The van der Waals surface area contributed by atoms with E-state index in [-0.39, 0.29) is 5.82 Å². The van der Waals surface area contributed by atoms with Crippen molar-refractivity contribution < 1.29 is 8.78 Å². The van der Waals surface area contributed by atoms with Crippen LogP contribution in [0.4, 0.5) is 8.78 Å². The van der Waals surface area contributed by atoms with Crippen LogP contribution in [0.25, 0.3) is 0 Å². The van der Waals surface area contributed by atoms with Gasteiger partial charge in [-0.25, -0.2) is 9.97 Å². The van der Waals surface area contributed by atoms with E-state index in [1.807, 2.05) is 0 Å². The zero-order chi connectivity index (χ0) is 9.47. The SMILES string of the molecule is CC(F)(F)c1nccc(C2CC2)n1. The van der Waals surface area contributed by atoms with Crippen molar-refractivity contribution >= 4 is 0 Å². The molecule has 0 saturated heterocycles. The van der Waals surface area contributed by atoms with E-state index in [1.54, 1.807) is 6.07 Å². The van der Waals surface area contributed by atoms with Crippen LogP contribution in [-0.4, -0.2) is 9.97 Å². The Morgan fingerprint density at radius 1 is 1.46 bits per heavy atom. The predicted octanol–water partition coefficient (Wildman–Crippen LogP) is 2.47. The van der Waals surface area contributed by atoms with Crippen molar-refractivity contribution in [3.8, 4) is 0 Å². The third-order valence-corrected chi connectivity index (χ3v) is 2.07. The van der Waals surface area contributed by atoms with Gasteiger partial charge in [0.25, 0.3) is 0 Å². The van der Waals surface area contributed by atoms with Gasteiger partial charge in [-0.2, -0.15) is 8.78 Å². The number of halogens is 2. The van der Waals surface area contributed by atoms with Gasteiger partial charge in [-0.05, 0) is 18.9 Å². The molecule has 0 aliphatic heterocycles. The van der Waals surface area contributed by atoms with E-state index in [2.05, 4.69) is 9.97 Å². The number of hydrogen-bond acceptors (Lipinski definition) is 2. The Kier molecular flexibility index (Phi) is 1.78. The van der Waals surface area contributed by atoms with Crippen LogP contribution in [0.5, 0.6) is 0 Å². The highest BCUT2D eigenvalue weighted by atomic mass is 19.3. The van der Waals surface area contributed by atoms with Crippen LogP contribution in [0, 0.1) is 0 Å². The van der Waals surface area contributed by atoms with Crippen LogP contribution in [0.1, 0.15) is 37.2 Å². The van der Waals surface area contributed by atoms with Crippen molar-refractivity contribution in [2.24, 2.45) is 0 Å². The van der Waals surface area contributed by atoms with Crippen LogP contribution in [0.2, 0.25) is 0 Å². The van der Waals surface area contributed by atoms with E-state index in [0.717, 1.165) is 25.5 Å². The standard InChI is InChI=1S/C9H10F2N2/c1-9(10,11)8-12-5-4-7(13-8)6-2-3-6/h4-6H,2-3H2,1H3. The smallest absolute Gasteiger partial charge is 0.236 e. The molecule has 1 aromatic rings. The quantitative estimate of drug-likeness (QED) is 0.705. The molecule has 1 heterocycles. The number of rotatable bonds is 2. The summed E-state index contributed by atoms with van der Waals surface area (Å²) in [5.41, 5.74) is 0.756. The molecule has 0 bridgehead atoms. The average molecular weight is 184 g/mol. The van der Waals surface area contributed by atoms with Crippen molar-refractivity contribution in [3.63, 3.8) is 0 Å². The van der Waals surface area contributed by atoms with Gasteiger partial charge in [0.2, 0.25) is 0 Å². The molecule has 2 rings (SSSR count). The van der Waals surface area contributed by atoms with Crippen molar-refractivity contribution in [1.82, 2.24) is 9.97 Å². The molecule has 0 aromatic carbocycles. The number of alkyl halides is 2. The highest BCUT2D eigenvalue weighted by Crippen LogP contribution is 2.39. The van der Waals surface area contributed by atoms with Crippen LogP contribution < -0.4 is 0 Å². The van der Waals surface area contributed by atoms with Crippen LogP contribution in [0.15, 0.2) is 12.3 Å². The molecule has 0 radical (unpaired) electrons. The molecule has 0 atom stereocenters. The second kappa shape index (κ2) is 2.72. The van der Waals surface area contributed by atoms with E-state index < -0.39 is 5.92 Å². The summed E-state index contributed by atoms with van der Waals surface area (Å²) in [7, 11) is 0. The first kappa shape index (κ1) is 8.53. The molecule has 70 valence electrons. The van der Waals surface area contributed by atoms with Crippen molar-refractivity contribution in [2.75, 3.05) is 0 Å². The molecular weight excluding hydrogens is 174 g/mol. The fraction of sp³-hybridized carbons (Fsp3) is 0.556. The molecule has 13 heavy (non-hydrogen) atoms. The lowest BCUT2D eigenvalue weighted by Crippen LogP contribution is -2.13. The van der Waals surface area contributed by atoms with Gasteiger partial charge >= 0.3 is 5.92 Å². The summed E-state index contributed by atoms with van der Waals surface area (Å²) < 4.78 is 25.6. The predicted molar refractivity (Wildman–Crippen MR) is 43.6 cm³/mol. The van der Waals surface area contributed by atoms with Crippen molar-refractivity contribution in [2.45, 2.75) is 31.6 Å². The summed E-state index contributed by atoms with van der Waals surface area (Å²) in [4.78, 5) is 7.40. The maximum atomic E-state index is 12.8. The Morgan fingerprint density at radius 2 is 2.15 bits per heavy atom. The van der Waals surface area contributed by atoms with Crippen LogP contribution in [0.3, 0.4) is 0 Å². The molecule has 1 saturated carbocycles. The molecule has 1 fully saturated rings. The van der Waals surface area contributed by atoms with Gasteiger partial charge in [0, 0.05) is 24.7 Å². The first-order valence-corrected chi connectivity index (χ1v) is 4.28. The second-order valence-corrected chi connectivity index (χ2v) is 3.47. The fourth-order valence-corrected chi connectivity index (χ4v) is 1.19. The van der Waals surface area contributed by atoms with Crippen LogP contribution >= 0.6 is 0 Å². The summed E-state index contributed by atoms with van der Waals surface area (Å²) in [6.45, 7) is 0.818. The lowest BCUT2D eigenvalue weighted by atomic mass is 10.2. The minimum atomic E-state index is -2.93. The van der Waals surface area contributed by atoms with Gasteiger partial charge in [0.1, 0.15) is 0 Å². The Labute approximate surface area is 75.0 Å². The van der Waals surface area contributed by atoms with E-state index in [0.29, 0.717) is 5.92 Å². The van der Waals surface area contributed by atoms with E-state index in [4.69, 9.17) is 0 Å². The largest absolute Gasteiger partial charge is 0.303 e. The Bertz CT molecular complexity index is 316. The monoisotopic (exact) mass is 184 g/mol. The molecule has 0 spiro atoms. The molecule has 0 amide bonds. The summed E-state index contributed by atoms with van der Waals surface area (Å²) in [6, 6.07) is 1.72. The van der Waals surface area contributed by atoms with Crippen LogP contribution in [-0.2, 0) is 5.92 Å². The number of nitrogens with zero attached hydrogens (tertiary/aromatic N) is 2. The third-order valence-electron chi connectivity index (χ3n) is 2.07. The maximum absolute atomic E-state index is 12.8. The van der Waals surface area contributed by atoms with Crippen molar-refractivity contribution in [3.05, 3.63) is 23.8 Å². The Hall–Kier alpha value is -1.06. The van der Waals surface area contributed by atoms with Gasteiger partial charge in [-0.15, -0.1) is 0 Å². The minimum absolute atomic E-state index is 0.364. The Morgan fingerprint density at radius 3 is 2.69 bits per heavy atom. The zero-order valence-electron chi connectivity index (χ0n) is 7.30. The normalized spacial score (nSPS) is 17.5. The van der Waals surface area contributed by atoms with Crippen molar-refractivity contribution in [1.29, 1.82) is 0 Å².